The van der Waals surface area contributed by atoms with Crippen molar-refractivity contribution in [3.05, 3.63) is 69.8 Å². The standard InChI is InChI=1S/C22H21N3O7/c1-14(21(28)15-8-12-18(32-2)13-9-15)23(24-19(26)4-3-5-20(24)27)22(29)16-6-10-17(11-7-16)25(30)31/h6-14H,3-5H2,1-2H3/t14-/m0/s1. The normalized spacial score (nSPS) is 14.6. The van der Waals surface area contributed by atoms with E-state index in [1.807, 2.05) is 0 Å². The van der Waals surface area contributed by atoms with Gasteiger partial charge in [-0.15, -0.1) is 0 Å². The molecule has 2 aromatic carbocycles. The summed E-state index contributed by atoms with van der Waals surface area (Å²) in [4.78, 5) is 61.9. The van der Waals surface area contributed by atoms with Crippen LogP contribution in [0.2, 0.25) is 0 Å². The Labute approximate surface area is 183 Å². The second-order valence-electron chi connectivity index (χ2n) is 7.18. The van der Waals surface area contributed by atoms with Gasteiger partial charge in [0.1, 0.15) is 11.8 Å². The molecule has 0 aromatic heterocycles. The van der Waals surface area contributed by atoms with Crippen molar-refractivity contribution in [1.29, 1.82) is 0 Å². The van der Waals surface area contributed by atoms with Crippen LogP contribution >= 0.6 is 0 Å². The third-order valence-electron chi connectivity index (χ3n) is 5.12. The van der Waals surface area contributed by atoms with Gasteiger partial charge in [0, 0.05) is 36.1 Å². The summed E-state index contributed by atoms with van der Waals surface area (Å²) in [7, 11) is 1.48. The Hall–Kier alpha value is -4.08. The van der Waals surface area contributed by atoms with Crippen molar-refractivity contribution in [3.8, 4) is 5.75 Å². The SMILES string of the molecule is COc1ccc(C(=O)[C@H](C)N(C(=O)c2ccc([N+](=O)[O-])cc2)N2C(=O)CCCC2=O)cc1. The van der Waals surface area contributed by atoms with Crippen molar-refractivity contribution in [2.24, 2.45) is 0 Å². The van der Waals surface area contributed by atoms with Crippen LogP contribution in [0.1, 0.15) is 46.9 Å². The number of hydrogen-bond donors (Lipinski definition) is 0. The molecule has 0 saturated carbocycles. The number of Topliss-reactive ketones (excluding diaryl/α,β-unsaturated/α-hetero) is 1. The highest BCUT2D eigenvalue weighted by atomic mass is 16.6. The minimum atomic E-state index is -1.20. The van der Waals surface area contributed by atoms with E-state index in [4.69, 9.17) is 4.74 Å². The number of non-ortho nitro benzene ring substituents is 1. The van der Waals surface area contributed by atoms with Gasteiger partial charge in [-0.3, -0.25) is 29.3 Å². The zero-order valence-electron chi connectivity index (χ0n) is 17.5. The van der Waals surface area contributed by atoms with E-state index in [1.165, 1.54) is 38.3 Å². The van der Waals surface area contributed by atoms with Gasteiger partial charge in [-0.05, 0) is 49.7 Å². The fourth-order valence-electron chi connectivity index (χ4n) is 3.39. The van der Waals surface area contributed by atoms with Gasteiger partial charge in [0.05, 0.1) is 12.0 Å². The van der Waals surface area contributed by atoms with E-state index in [2.05, 4.69) is 0 Å². The van der Waals surface area contributed by atoms with Crippen molar-refractivity contribution in [1.82, 2.24) is 10.0 Å². The number of piperidine rings is 1. The number of hydrogen-bond acceptors (Lipinski definition) is 7. The maximum atomic E-state index is 13.3. The summed E-state index contributed by atoms with van der Waals surface area (Å²) >= 11 is 0. The number of hydrazine groups is 1. The second-order valence-corrected chi connectivity index (χ2v) is 7.18. The number of nitro benzene ring substituents is 1. The molecule has 0 N–H and O–H groups in total. The number of methoxy groups -OCH3 is 1. The molecule has 32 heavy (non-hydrogen) atoms. The summed E-state index contributed by atoms with van der Waals surface area (Å²) in [5.41, 5.74) is 0.0356. The number of carbonyl (C=O) groups is 4. The highest BCUT2D eigenvalue weighted by Crippen LogP contribution is 2.23. The summed E-state index contributed by atoms with van der Waals surface area (Å²) in [6.45, 7) is 1.42. The fraction of sp³-hybridized carbons (Fsp3) is 0.273. The third-order valence-corrected chi connectivity index (χ3v) is 5.12. The van der Waals surface area contributed by atoms with E-state index < -0.39 is 34.5 Å². The number of carbonyl (C=O) groups excluding carboxylic acids is 4. The van der Waals surface area contributed by atoms with Crippen molar-refractivity contribution in [3.63, 3.8) is 0 Å². The molecular formula is C22H21N3O7. The van der Waals surface area contributed by atoms with Crippen LogP contribution < -0.4 is 4.74 Å². The number of ketones is 1. The molecule has 10 heteroatoms. The smallest absolute Gasteiger partial charge is 0.273 e. The molecule has 2 aromatic rings. The molecule has 1 fully saturated rings. The molecule has 0 spiro atoms. The Morgan fingerprint density at radius 2 is 1.53 bits per heavy atom. The van der Waals surface area contributed by atoms with Crippen molar-refractivity contribution in [2.45, 2.75) is 32.2 Å². The average molecular weight is 439 g/mol. The van der Waals surface area contributed by atoms with Crippen LogP contribution in [-0.4, -0.2) is 51.6 Å². The third kappa shape index (κ3) is 4.48. The largest absolute Gasteiger partial charge is 0.497 e. The number of ether oxygens (including phenoxy) is 1. The lowest BCUT2D eigenvalue weighted by Crippen LogP contribution is -2.59. The Morgan fingerprint density at radius 1 is 1.00 bits per heavy atom. The first kappa shape index (κ1) is 22.6. The van der Waals surface area contributed by atoms with Crippen LogP contribution in [0.3, 0.4) is 0 Å². The fourth-order valence-corrected chi connectivity index (χ4v) is 3.39. The lowest BCUT2D eigenvalue weighted by atomic mass is 10.0. The van der Waals surface area contributed by atoms with Crippen molar-refractivity contribution < 1.29 is 28.8 Å². The molecule has 3 amide bonds. The average Bonchev–Trinajstić information content (AvgIpc) is 2.80. The van der Waals surface area contributed by atoms with E-state index in [0.29, 0.717) is 12.2 Å². The van der Waals surface area contributed by atoms with Gasteiger partial charge in [0.15, 0.2) is 5.78 Å². The Morgan fingerprint density at radius 3 is 2.03 bits per heavy atom. The first-order valence-electron chi connectivity index (χ1n) is 9.86. The molecule has 1 aliphatic heterocycles. The summed E-state index contributed by atoms with van der Waals surface area (Å²) in [6, 6.07) is 9.73. The van der Waals surface area contributed by atoms with Gasteiger partial charge in [-0.1, -0.05) is 0 Å². The first-order chi connectivity index (χ1) is 15.2. The summed E-state index contributed by atoms with van der Waals surface area (Å²) in [5, 5.41) is 12.5. The van der Waals surface area contributed by atoms with Crippen molar-refractivity contribution in [2.75, 3.05) is 7.11 Å². The van der Waals surface area contributed by atoms with Gasteiger partial charge in [0.25, 0.3) is 11.6 Å². The number of rotatable bonds is 7. The summed E-state index contributed by atoms with van der Waals surface area (Å²) < 4.78 is 5.08. The molecule has 1 heterocycles. The Kier molecular flexibility index (Phi) is 6.62. The Balaban J connectivity index is 2.00. The quantitative estimate of drug-likeness (QED) is 0.281. The number of nitro groups is 1. The van der Waals surface area contributed by atoms with Gasteiger partial charge < -0.3 is 4.74 Å². The number of benzene rings is 2. The minimum absolute atomic E-state index is 0.00356. The first-order valence-corrected chi connectivity index (χ1v) is 9.86. The van der Waals surface area contributed by atoms with E-state index in [9.17, 15) is 29.3 Å². The van der Waals surface area contributed by atoms with Crippen LogP contribution in [0, 0.1) is 10.1 Å². The summed E-state index contributed by atoms with van der Waals surface area (Å²) in [6.07, 6.45) is 0.465. The van der Waals surface area contributed by atoms with Crippen LogP contribution in [0.25, 0.3) is 0 Å². The monoisotopic (exact) mass is 439 g/mol. The number of imide groups is 1. The predicted molar refractivity (Wildman–Crippen MR) is 112 cm³/mol. The molecule has 1 aliphatic rings. The van der Waals surface area contributed by atoms with Gasteiger partial charge in [0.2, 0.25) is 11.8 Å². The van der Waals surface area contributed by atoms with Gasteiger partial charge in [-0.25, -0.2) is 5.01 Å². The molecule has 0 unspecified atom stereocenters. The Bertz CT molecular complexity index is 1050. The van der Waals surface area contributed by atoms with Crippen molar-refractivity contribution >= 4 is 29.2 Å². The highest BCUT2D eigenvalue weighted by molar-refractivity contribution is 6.07. The lowest BCUT2D eigenvalue weighted by Gasteiger charge is -2.38. The maximum Gasteiger partial charge on any atom is 0.273 e. The zero-order valence-corrected chi connectivity index (χ0v) is 17.5. The molecule has 1 atom stereocenters. The topological polar surface area (TPSA) is 127 Å². The molecule has 0 radical (unpaired) electrons. The molecule has 166 valence electrons. The molecule has 1 saturated heterocycles. The molecular weight excluding hydrogens is 418 g/mol. The highest BCUT2D eigenvalue weighted by Gasteiger charge is 2.40. The van der Waals surface area contributed by atoms with Crippen LogP contribution in [0.5, 0.6) is 5.75 Å². The van der Waals surface area contributed by atoms with E-state index >= 15 is 0 Å². The predicted octanol–water partition coefficient (Wildman–Crippen LogP) is 2.77. The van der Waals surface area contributed by atoms with E-state index in [0.717, 1.165) is 22.2 Å². The second kappa shape index (κ2) is 9.38. The van der Waals surface area contributed by atoms with Gasteiger partial charge >= 0.3 is 0 Å². The summed E-state index contributed by atoms with van der Waals surface area (Å²) in [5.74, 6) is -1.93. The van der Waals surface area contributed by atoms with Crippen LogP contribution in [-0.2, 0) is 9.59 Å². The zero-order chi connectivity index (χ0) is 23.4. The number of nitrogens with zero attached hydrogens (tertiary/aromatic N) is 3. The number of amides is 3. The van der Waals surface area contributed by atoms with E-state index in [1.54, 1.807) is 12.1 Å². The lowest BCUT2D eigenvalue weighted by molar-refractivity contribution is -0.384. The molecule has 0 bridgehead atoms. The van der Waals surface area contributed by atoms with Gasteiger partial charge in [-0.2, -0.15) is 5.01 Å². The molecule has 10 nitrogen and oxygen atoms in total. The molecule has 0 aliphatic carbocycles. The maximum absolute atomic E-state index is 13.3. The molecule has 3 rings (SSSR count). The van der Waals surface area contributed by atoms with E-state index in [-0.39, 0.29) is 29.7 Å². The van der Waals surface area contributed by atoms with Crippen LogP contribution in [0.4, 0.5) is 5.69 Å². The van der Waals surface area contributed by atoms with Crippen LogP contribution in [0.15, 0.2) is 48.5 Å². The minimum Gasteiger partial charge on any atom is -0.497 e.